The van der Waals surface area contributed by atoms with Crippen LogP contribution < -0.4 is 5.32 Å². The van der Waals surface area contributed by atoms with Gasteiger partial charge in [-0.1, -0.05) is 42.5 Å². The maximum Gasteiger partial charge on any atom is 0.416 e. The zero-order valence-corrected chi connectivity index (χ0v) is 17.6. The topological polar surface area (TPSA) is 15.3 Å². The molecule has 2 aliphatic heterocycles. The number of hydrogen-bond donors (Lipinski definition) is 1. The van der Waals surface area contributed by atoms with Crippen molar-refractivity contribution in [1.29, 1.82) is 0 Å². The Morgan fingerprint density at radius 1 is 0.900 bits per heavy atom. The van der Waals surface area contributed by atoms with Gasteiger partial charge in [0, 0.05) is 11.5 Å². The van der Waals surface area contributed by atoms with E-state index in [1.807, 2.05) is 18.2 Å². The van der Waals surface area contributed by atoms with Gasteiger partial charge in [-0.25, -0.2) is 0 Å². The molecule has 1 unspecified atom stereocenters. The largest absolute Gasteiger partial charge is 0.416 e. The summed E-state index contributed by atoms with van der Waals surface area (Å²) >= 11 is 0. The second-order valence-corrected chi connectivity index (χ2v) is 9.08. The highest BCUT2D eigenvalue weighted by Gasteiger charge is 2.38. The van der Waals surface area contributed by atoms with Gasteiger partial charge < -0.3 is 5.32 Å². The first-order valence-corrected chi connectivity index (χ1v) is 11.0. The third kappa shape index (κ3) is 4.57. The summed E-state index contributed by atoms with van der Waals surface area (Å²) in [6.07, 6.45) is 0.209. The van der Waals surface area contributed by atoms with E-state index in [1.165, 1.54) is 30.5 Å². The van der Waals surface area contributed by atoms with Gasteiger partial charge in [0.15, 0.2) is 0 Å². The SMILES string of the molecule is CC1(N2CCC(C(c3ccccc3)c3ccc(C(F)(F)F)cc3)CC2)CCNCC1. The Bertz CT molecular complexity index is 803. The minimum absolute atomic E-state index is 0.136. The van der Waals surface area contributed by atoms with Crippen molar-refractivity contribution in [3.63, 3.8) is 0 Å². The van der Waals surface area contributed by atoms with E-state index in [9.17, 15) is 13.2 Å². The van der Waals surface area contributed by atoms with Crippen LogP contribution in [0.25, 0.3) is 0 Å². The van der Waals surface area contributed by atoms with Crippen LogP contribution in [-0.4, -0.2) is 36.6 Å². The molecule has 2 aliphatic rings. The molecule has 2 fully saturated rings. The van der Waals surface area contributed by atoms with Crippen LogP contribution in [0, 0.1) is 5.92 Å². The van der Waals surface area contributed by atoms with Crippen LogP contribution in [0.1, 0.15) is 55.2 Å². The van der Waals surface area contributed by atoms with E-state index in [0.717, 1.165) is 44.6 Å². The first-order chi connectivity index (χ1) is 14.4. The number of nitrogens with one attached hydrogen (secondary N) is 1. The van der Waals surface area contributed by atoms with E-state index < -0.39 is 11.7 Å². The molecule has 2 heterocycles. The number of benzene rings is 2. The van der Waals surface area contributed by atoms with Crippen LogP contribution >= 0.6 is 0 Å². The fraction of sp³-hybridized carbons (Fsp3) is 0.520. The molecule has 0 saturated carbocycles. The molecule has 1 atom stereocenters. The first-order valence-electron chi connectivity index (χ1n) is 11.0. The van der Waals surface area contributed by atoms with Crippen LogP contribution in [-0.2, 0) is 6.18 Å². The van der Waals surface area contributed by atoms with Crippen molar-refractivity contribution in [1.82, 2.24) is 10.2 Å². The minimum Gasteiger partial charge on any atom is -0.317 e. The highest BCUT2D eigenvalue weighted by molar-refractivity contribution is 5.36. The number of likely N-dealkylation sites (tertiary alicyclic amines) is 1. The highest BCUT2D eigenvalue weighted by Crippen LogP contribution is 2.41. The Morgan fingerprint density at radius 2 is 1.47 bits per heavy atom. The molecule has 0 bridgehead atoms. The third-order valence-electron chi connectivity index (χ3n) is 7.21. The molecular weight excluding hydrogens is 385 g/mol. The van der Waals surface area contributed by atoms with Gasteiger partial charge in [0.1, 0.15) is 0 Å². The van der Waals surface area contributed by atoms with Gasteiger partial charge in [0.2, 0.25) is 0 Å². The summed E-state index contributed by atoms with van der Waals surface area (Å²) in [5.41, 5.74) is 1.88. The van der Waals surface area contributed by atoms with Gasteiger partial charge in [0.25, 0.3) is 0 Å². The number of halogens is 3. The molecule has 5 heteroatoms. The Morgan fingerprint density at radius 3 is 2.03 bits per heavy atom. The van der Waals surface area contributed by atoms with Crippen molar-refractivity contribution in [2.45, 2.75) is 50.2 Å². The lowest BCUT2D eigenvalue weighted by atomic mass is 9.75. The summed E-state index contributed by atoms with van der Waals surface area (Å²) in [6, 6.07) is 16.1. The fourth-order valence-electron chi connectivity index (χ4n) is 5.33. The lowest BCUT2D eigenvalue weighted by molar-refractivity contribution is -0.137. The molecule has 2 aromatic carbocycles. The lowest BCUT2D eigenvalue weighted by Gasteiger charge is -2.48. The molecule has 1 N–H and O–H groups in total. The van der Waals surface area contributed by atoms with Crippen molar-refractivity contribution in [3.05, 3.63) is 71.3 Å². The number of nitrogens with zero attached hydrogens (tertiary/aromatic N) is 1. The standard InChI is InChI=1S/C25H31F3N2/c1-24(13-15-29-16-14-24)30-17-11-21(12-18-30)23(19-5-3-2-4-6-19)20-7-9-22(10-8-20)25(26,27)28/h2-10,21,23,29H,11-18H2,1H3. The predicted molar refractivity (Wildman–Crippen MR) is 115 cm³/mol. The summed E-state index contributed by atoms with van der Waals surface area (Å²) in [6.45, 7) is 6.66. The smallest absolute Gasteiger partial charge is 0.317 e. The molecule has 2 saturated heterocycles. The van der Waals surface area contributed by atoms with Crippen LogP contribution in [0.2, 0.25) is 0 Å². The summed E-state index contributed by atoms with van der Waals surface area (Å²) in [7, 11) is 0. The van der Waals surface area contributed by atoms with E-state index in [-0.39, 0.29) is 11.5 Å². The molecule has 0 amide bonds. The van der Waals surface area contributed by atoms with Crippen LogP contribution in [0.3, 0.4) is 0 Å². The Labute approximate surface area is 177 Å². The monoisotopic (exact) mass is 416 g/mol. The molecule has 0 aliphatic carbocycles. The molecule has 0 spiro atoms. The first kappa shape index (κ1) is 21.4. The normalized spacial score (nSPS) is 22.0. The average molecular weight is 417 g/mol. The molecule has 0 radical (unpaired) electrons. The Hall–Kier alpha value is -1.85. The van der Waals surface area contributed by atoms with E-state index >= 15 is 0 Å². The van der Waals surface area contributed by atoms with E-state index in [2.05, 4.69) is 29.3 Å². The van der Waals surface area contributed by atoms with Gasteiger partial charge in [-0.2, -0.15) is 13.2 Å². The van der Waals surface area contributed by atoms with Crippen LogP contribution in [0.5, 0.6) is 0 Å². The van der Waals surface area contributed by atoms with Crippen molar-refractivity contribution < 1.29 is 13.2 Å². The maximum atomic E-state index is 13.0. The van der Waals surface area contributed by atoms with Crippen LogP contribution in [0.15, 0.2) is 54.6 Å². The summed E-state index contributed by atoms with van der Waals surface area (Å²) in [5, 5.41) is 3.46. The van der Waals surface area contributed by atoms with Crippen molar-refractivity contribution in [2.75, 3.05) is 26.2 Å². The molecule has 30 heavy (non-hydrogen) atoms. The molecule has 4 rings (SSSR count). The van der Waals surface area contributed by atoms with Gasteiger partial charge in [-0.3, -0.25) is 4.90 Å². The maximum absolute atomic E-state index is 13.0. The predicted octanol–water partition coefficient (Wildman–Crippen LogP) is 5.69. The van der Waals surface area contributed by atoms with Gasteiger partial charge in [-0.15, -0.1) is 0 Å². The summed E-state index contributed by atoms with van der Waals surface area (Å²) < 4.78 is 39.1. The summed E-state index contributed by atoms with van der Waals surface area (Å²) in [5.74, 6) is 0.571. The minimum atomic E-state index is -4.30. The number of hydrogen-bond acceptors (Lipinski definition) is 2. The molecular formula is C25H31F3N2. The Balaban J connectivity index is 1.54. The second-order valence-electron chi connectivity index (χ2n) is 9.08. The molecule has 162 valence electrons. The number of rotatable bonds is 4. The van der Waals surface area contributed by atoms with Crippen molar-refractivity contribution >= 4 is 0 Å². The molecule has 2 aromatic rings. The van der Waals surface area contributed by atoms with Gasteiger partial charge >= 0.3 is 6.18 Å². The molecule has 0 aromatic heterocycles. The quantitative estimate of drug-likeness (QED) is 0.689. The zero-order chi connectivity index (χ0) is 21.2. The van der Waals surface area contributed by atoms with E-state index in [0.29, 0.717) is 5.92 Å². The van der Waals surface area contributed by atoms with E-state index in [4.69, 9.17) is 0 Å². The van der Waals surface area contributed by atoms with Crippen molar-refractivity contribution in [3.8, 4) is 0 Å². The average Bonchev–Trinajstić information content (AvgIpc) is 2.75. The van der Waals surface area contributed by atoms with Crippen molar-refractivity contribution in [2.24, 2.45) is 5.92 Å². The lowest BCUT2D eigenvalue weighted by Crippen LogP contribution is -2.55. The number of piperidine rings is 2. The Kier molecular flexibility index (Phi) is 6.21. The van der Waals surface area contributed by atoms with Gasteiger partial charge in [0.05, 0.1) is 5.56 Å². The molecule has 2 nitrogen and oxygen atoms in total. The second kappa shape index (κ2) is 8.72. The summed E-state index contributed by atoms with van der Waals surface area (Å²) in [4.78, 5) is 2.65. The van der Waals surface area contributed by atoms with E-state index in [1.54, 1.807) is 12.1 Å². The van der Waals surface area contributed by atoms with Gasteiger partial charge in [-0.05, 0) is 88.0 Å². The highest BCUT2D eigenvalue weighted by atomic mass is 19.4. The zero-order valence-electron chi connectivity index (χ0n) is 17.6. The third-order valence-corrected chi connectivity index (χ3v) is 7.21. The fourth-order valence-corrected chi connectivity index (χ4v) is 5.33. The van der Waals surface area contributed by atoms with Crippen LogP contribution in [0.4, 0.5) is 13.2 Å². The number of alkyl halides is 3.